The summed E-state index contributed by atoms with van der Waals surface area (Å²) in [4.78, 5) is 0. The molecule has 1 aromatic rings. The average molecular weight is 202 g/mol. The highest BCUT2D eigenvalue weighted by atomic mass is 16.5. The number of nitrogens with zero attached hydrogens (tertiary/aromatic N) is 1. The van der Waals surface area contributed by atoms with Gasteiger partial charge in [-0.1, -0.05) is 12.1 Å². The van der Waals surface area contributed by atoms with Gasteiger partial charge in [0, 0.05) is 12.5 Å². The highest BCUT2D eigenvalue weighted by Crippen LogP contribution is 2.18. The molecular weight excluding hydrogens is 188 g/mol. The van der Waals surface area contributed by atoms with E-state index in [0.29, 0.717) is 23.8 Å². The fourth-order valence-corrected chi connectivity index (χ4v) is 1.75. The molecule has 1 aliphatic heterocycles. The minimum atomic E-state index is 0.580. The van der Waals surface area contributed by atoms with Crippen molar-refractivity contribution in [2.24, 2.45) is 5.92 Å². The van der Waals surface area contributed by atoms with Crippen LogP contribution in [-0.2, 0) is 0 Å². The van der Waals surface area contributed by atoms with E-state index in [4.69, 9.17) is 10.00 Å². The average Bonchev–Trinajstić information content (AvgIpc) is 2.79. The quantitative estimate of drug-likeness (QED) is 0.808. The molecule has 1 atom stereocenters. The van der Waals surface area contributed by atoms with Gasteiger partial charge in [-0.05, 0) is 25.1 Å². The van der Waals surface area contributed by atoms with Gasteiger partial charge in [0.15, 0.2) is 0 Å². The maximum absolute atomic E-state index is 8.87. The van der Waals surface area contributed by atoms with Crippen molar-refractivity contribution < 1.29 is 4.74 Å². The molecule has 0 radical (unpaired) electrons. The Labute approximate surface area is 89.7 Å². The molecule has 1 saturated heterocycles. The Hall–Kier alpha value is -1.53. The van der Waals surface area contributed by atoms with Crippen molar-refractivity contribution in [3.05, 3.63) is 29.8 Å². The van der Waals surface area contributed by atoms with Gasteiger partial charge >= 0.3 is 0 Å². The van der Waals surface area contributed by atoms with Gasteiger partial charge < -0.3 is 10.1 Å². The monoisotopic (exact) mass is 202 g/mol. The highest BCUT2D eigenvalue weighted by molar-refractivity contribution is 5.42. The summed E-state index contributed by atoms with van der Waals surface area (Å²) < 4.78 is 5.65. The van der Waals surface area contributed by atoms with Gasteiger partial charge in [-0.25, -0.2) is 0 Å². The van der Waals surface area contributed by atoms with Crippen LogP contribution in [0.1, 0.15) is 12.0 Å². The lowest BCUT2D eigenvalue weighted by Gasteiger charge is -2.11. The second-order valence-corrected chi connectivity index (χ2v) is 3.78. The zero-order valence-corrected chi connectivity index (χ0v) is 8.57. The number of nitriles is 1. The van der Waals surface area contributed by atoms with Gasteiger partial charge in [-0.3, -0.25) is 0 Å². The number of ether oxygens (including phenoxy) is 1. The molecule has 0 aromatic heterocycles. The summed E-state index contributed by atoms with van der Waals surface area (Å²) in [7, 11) is 0. The van der Waals surface area contributed by atoms with E-state index >= 15 is 0 Å². The molecule has 0 bridgehead atoms. The highest BCUT2D eigenvalue weighted by Gasteiger charge is 2.15. The van der Waals surface area contributed by atoms with Crippen LogP contribution in [0.5, 0.6) is 5.75 Å². The maximum Gasteiger partial charge on any atom is 0.137 e. The molecule has 0 spiro atoms. The third-order valence-corrected chi connectivity index (χ3v) is 2.64. The summed E-state index contributed by atoms with van der Waals surface area (Å²) in [5.74, 6) is 1.28. The predicted molar refractivity (Wildman–Crippen MR) is 57.6 cm³/mol. The van der Waals surface area contributed by atoms with E-state index in [0.717, 1.165) is 19.5 Å². The standard InChI is InChI=1S/C12H14N2O/c13-7-11-3-1-2-4-12(11)15-9-10-5-6-14-8-10/h1-4,10,14H,5-6,8-9H2. The molecule has 0 saturated carbocycles. The molecule has 0 amide bonds. The largest absolute Gasteiger partial charge is 0.492 e. The molecule has 0 aliphatic carbocycles. The molecule has 1 fully saturated rings. The van der Waals surface area contributed by atoms with E-state index in [2.05, 4.69) is 11.4 Å². The van der Waals surface area contributed by atoms with Gasteiger partial charge in [-0.2, -0.15) is 5.26 Å². The first-order chi connectivity index (χ1) is 7.40. The topological polar surface area (TPSA) is 45.0 Å². The second kappa shape index (κ2) is 4.81. The van der Waals surface area contributed by atoms with Crippen molar-refractivity contribution in [1.29, 1.82) is 5.26 Å². The van der Waals surface area contributed by atoms with Gasteiger partial charge in [0.25, 0.3) is 0 Å². The molecule has 1 heterocycles. The third-order valence-electron chi connectivity index (χ3n) is 2.64. The van der Waals surface area contributed by atoms with Crippen LogP contribution in [0.4, 0.5) is 0 Å². The third kappa shape index (κ3) is 2.48. The maximum atomic E-state index is 8.87. The Balaban J connectivity index is 1.95. The minimum Gasteiger partial charge on any atom is -0.492 e. The van der Waals surface area contributed by atoms with Crippen LogP contribution in [0.3, 0.4) is 0 Å². The van der Waals surface area contributed by atoms with E-state index in [9.17, 15) is 0 Å². The summed E-state index contributed by atoms with van der Waals surface area (Å²) in [5.41, 5.74) is 0.614. The Kier molecular flexibility index (Phi) is 3.21. The van der Waals surface area contributed by atoms with E-state index in [1.54, 1.807) is 6.07 Å². The van der Waals surface area contributed by atoms with E-state index in [-0.39, 0.29) is 0 Å². The molecular formula is C12H14N2O. The van der Waals surface area contributed by atoms with E-state index < -0.39 is 0 Å². The number of rotatable bonds is 3. The van der Waals surface area contributed by atoms with E-state index in [1.807, 2.05) is 18.2 Å². The van der Waals surface area contributed by atoms with Crippen LogP contribution in [0.15, 0.2) is 24.3 Å². The van der Waals surface area contributed by atoms with Gasteiger partial charge in [0.1, 0.15) is 11.8 Å². The lowest BCUT2D eigenvalue weighted by molar-refractivity contribution is 0.259. The minimum absolute atomic E-state index is 0.580. The zero-order chi connectivity index (χ0) is 10.5. The molecule has 2 rings (SSSR count). The summed E-state index contributed by atoms with van der Waals surface area (Å²) in [6, 6.07) is 9.50. The number of hydrogen-bond acceptors (Lipinski definition) is 3. The van der Waals surface area contributed by atoms with Crippen molar-refractivity contribution in [2.45, 2.75) is 6.42 Å². The van der Waals surface area contributed by atoms with Crippen molar-refractivity contribution in [3.63, 3.8) is 0 Å². The lowest BCUT2D eigenvalue weighted by atomic mass is 10.1. The SMILES string of the molecule is N#Cc1ccccc1OCC1CCNC1. The number of hydrogen-bond donors (Lipinski definition) is 1. The summed E-state index contributed by atoms with van der Waals surface area (Å²) in [6.45, 7) is 2.80. The molecule has 1 N–H and O–H groups in total. The van der Waals surface area contributed by atoms with Gasteiger partial charge in [-0.15, -0.1) is 0 Å². The number of nitrogens with one attached hydrogen (secondary N) is 1. The lowest BCUT2D eigenvalue weighted by Crippen LogP contribution is -2.15. The van der Waals surface area contributed by atoms with Crippen molar-refractivity contribution in [2.75, 3.05) is 19.7 Å². The van der Waals surface area contributed by atoms with Crippen LogP contribution >= 0.6 is 0 Å². The second-order valence-electron chi connectivity index (χ2n) is 3.78. The zero-order valence-electron chi connectivity index (χ0n) is 8.57. The summed E-state index contributed by atoms with van der Waals surface area (Å²) in [5, 5.41) is 12.2. The predicted octanol–water partition coefficient (Wildman–Crippen LogP) is 1.55. The van der Waals surface area contributed by atoms with Crippen LogP contribution in [-0.4, -0.2) is 19.7 Å². The van der Waals surface area contributed by atoms with Crippen LogP contribution in [0, 0.1) is 17.2 Å². The molecule has 3 nitrogen and oxygen atoms in total. The number of benzene rings is 1. The first-order valence-corrected chi connectivity index (χ1v) is 5.23. The first-order valence-electron chi connectivity index (χ1n) is 5.23. The molecule has 1 aromatic carbocycles. The fourth-order valence-electron chi connectivity index (χ4n) is 1.75. The molecule has 1 aliphatic rings. The van der Waals surface area contributed by atoms with Crippen molar-refractivity contribution in [1.82, 2.24) is 5.32 Å². The Morgan fingerprint density at radius 2 is 2.33 bits per heavy atom. The molecule has 3 heteroatoms. The van der Waals surface area contributed by atoms with Crippen LogP contribution in [0.25, 0.3) is 0 Å². The fraction of sp³-hybridized carbons (Fsp3) is 0.417. The first kappa shape index (κ1) is 10.0. The van der Waals surface area contributed by atoms with Crippen LogP contribution < -0.4 is 10.1 Å². The summed E-state index contributed by atoms with van der Waals surface area (Å²) in [6.07, 6.45) is 1.16. The number of para-hydroxylation sites is 1. The molecule has 78 valence electrons. The van der Waals surface area contributed by atoms with Crippen molar-refractivity contribution >= 4 is 0 Å². The molecule has 15 heavy (non-hydrogen) atoms. The molecule has 1 unspecified atom stereocenters. The van der Waals surface area contributed by atoms with E-state index in [1.165, 1.54) is 0 Å². The Bertz CT molecular complexity index is 364. The van der Waals surface area contributed by atoms with Gasteiger partial charge in [0.05, 0.1) is 12.2 Å². The Morgan fingerprint density at radius 1 is 1.47 bits per heavy atom. The van der Waals surface area contributed by atoms with Gasteiger partial charge in [0.2, 0.25) is 0 Å². The van der Waals surface area contributed by atoms with Crippen LogP contribution in [0.2, 0.25) is 0 Å². The smallest absolute Gasteiger partial charge is 0.137 e. The summed E-state index contributed by atoms with van der Waals surface area (Å²) >= 11 is 0. The normalized spacial score (nSPS) is 19.8. The Morgan fingerprint density at radius 3 is 3.07 bits per heavy atom. The van der Waals surface area contributed by atoms with Crippen molar-refractivity contribution in [3.8, 4) is 11.8 Å².